The fraction of sp³-hybridized carbons (Fsp3) is 0.389. The smallest absolute Gasteiger partial charge is 0.251 e. The Hall–Kier alpha value is -2.43. The number of aromatic amines is 1. The van der Waals surface area contributed by atoms with E-state index < -0.39 is 0 Å². The third-order valence-electron chi connectivity index (χ3n) is 3.81. The number of rotatable bonds is 6. The summed E-state index contributed by atoms with van der Waals surface area (Å²) in [6, 6.07) is 5.32. The maximum atomic E-state index is 12.2. The summed E-state index contributed by atoms with van der Waals surface area (Å²) in [5, 5.41) is 2.90. The third-order valence-corrected chi connectivity index (χ3v) is 3.81. The molecular weight excluding hydrogens is 290 g/mol. The number of nitrogens with zero attached hydrogens (tertiary/aromatic N) is 1. The molecule has 5 heteroatoms. The van der Waals surface area contributed by atoms with Crippen LogP contribution < -0.4 is 10.9 Å². The zero-order valence-corrected chi connectivity index (χ0v) is 13.9. The summed E-state index contributed by atoms with van der Waals surface area (Å²) >= 11 is 0. The number of H-pyrrole nitrogens is 1. The highest BCUT2D eigenvalue weighted by Gasteiger charge is 2.11. The van der Waals surface area contributed by atoms with Crippen molar-refractivity contribution in [2.24, 2.45) is 0 Å². The van der Waals surface area contributed by atoms with Gasteiger partial charge in [-0.15, -0.1) is 0 Å². The van der Waals surface area contributed by atoms with Crippen LogP contribution in [0, 0.1) is 6.92 Å². The van der Waals surface area contributed by atoms with Crippen molar-refractivity contribution in [2.45, 2.75) is 40.0 Å². The highest BCUT2D eigenvalue weighted by Crippen LogP contribution is 2.21. The predicted octanol–water partition coefficient (Wildman–Crippen LogP) is 2.84. The van der Waals surface area contributed by atoms with Gasteiger partial charge in [0.2, 0.25) is 0 Å². The van der Waals surface area contributed by atoms with E-state index in [9.17, 15) is 9.59 Å². The highest BCUT2D eigenvalue weighted by molar-refractivity contribution is 5.95. The van der Waals surface area contributed by atoms with E-state index in [0.29, 0.717) is 29.8 Å². The number of carbonyl (C=O) groups excluding carboxylic acids is 1. The molecule has 1 amide bonds. The molecule has 0 aliphatic rings. The van der Waals surface area contributed by atoms with Crippen molar-refractivity contribution < 1.29 is 4.79 Å². The quantitative estimate of drug-likeness (QED) is 0.805. The van der Waals surface area contributed by atoms with Crippen LogP contribution in [0.15, 0.2) is 29.2 Å². The maximum Gasteiger partial charge on any atom is 0.251 e. The van der Waals surface area contributed by atoms with Gasteiger partial charge in [0, 0.05) is 35.1 Å². The van der Waals surface area contributed by atoms with Crippen LogP contribution in [0.1, 0.15) is 48.3 Å². The van der Waals surface area contributed by atoms with Crippen LogP contribution in [0.3, 0.4) is 0 Å². The van der Waals surface area contributed by atoms with Gasteiger partial charge in [-0.05, 0) is 38.0 Å². The summed E-state index contributed by atoms with van der Waals surface area (Å²) in [4.78, 5) is 31.2. The molecule has 0 aromatic carbocycles. The minimum atomic E-state index is -0.0973. The standard InChI is InChI=1S/C18H23N3O2/c1-4-6-8-20-17(22)14-7-9-19-16(11-14)15-10-13(5-2)18(23)21-12(15)3/h7,9-11H,4-6,8H2,1-3H3,(H,20,22)(H,21,23). The second-order valence-electron chi connectivity index (χ2n) is 5.56. The van der Waals surface area contributed by atoms with Crippen LogP contribution in [0.5, 0.6) is 0 Å². The molecule has 2 N–H and O–H groups in total. The lowest BCUT2D eigenvalue weighted by Gasteiger charge is -2.09. The average Bonchev–Trinajstić information content (AvgIpc) is 2.55. The Kier molecular flexibility index (Phi) is 5.68. The highest BCUT2D eigenvalue weighted by atomic mass is 16.1. The van der Waals surface area contributed by atoms with Crippen molar-refractivity contribution in [2.75, 3.05) is 6.54 Å². The first-order valence-electron chi connectivity index (χ1n) is 8.04. The van der Waals surface area contributed by atoms with Crippen LogP contribution in [-0.2, 0) is 6.42 Å². The van der Waals surface area contributed by atoms with Gasteiger partial charge in [0.05, 0.1) is 5.69 Å². The zero-order valence-electron chi connectivity index (χ0n) is 13.9. The molecule has 0 fully saturated rings. The number of pyridine rings is 2. The lowest BCUT2D eigenvalue weighted by atomic mass is 10.0. The third kappa shape index (κ3) is 4.06. The molecule has 0 saturated heterocycles. The number of aromatic nitrogens is 2. The zero-order chi connectivity index (χ0) is 16.8. The van der Waals surface area contributed by atoms with Crippen LogP contribution in [0.4, 0.5) is 0 Å². The fourth-order valence-electron chi connectivity index (χ4n) is 2.39. The molecule has 0 atom stereocenters. The average molecular weight is 313 g/mol. The molecule has 0 saturated carbocycles. The molecule has 2 rings (SSSR count). The Labute approximate surface area is 136 Å². The van der Waals surface area contributed by atoms with E-state index in [-0.39, 0.29) is 11.5 Å². The normalized spacial score (nSPS) is 10.6. The van der Waals surface area contributed by atoms with E-state index in [0.717, 1.165) is 24.1 Å². The SMILES string of the molecule is CCCCNC(=O)c1ccnc(-c2cc(CC)c(=O)[nH]c2C)c1. The predicted molar refractivity (Wildman–Crippen MR) is 91.6 cm³/mol. The number of carbonyl (C=O) groups is 1. The molecule has 0 unspecified atom stereocenters. The van der Waals surface area contributed by atoms with E-state index in [1.165, 1.54) is 0 Å². The van der Waals surface area contributed by atoms with Crippen molar-refractivity contribution in [1.82, 2.24) is 15.3 Å². The summed E-state index contributed by atoms with van der Waals surface area (Å²) < 4.78 is 0. The summed E-state index contributed by atoms with van der Waals surface area (Å²) in [5.74, 6) is -0.0973. The van der Waals surface area contributed by atoms with Gasteiger partial charge in [0.1, 0.15) is 0 Å². The second-order valence-corrected chi connectivity index (χ2v) is 5.56. The van der Waals surface area contributed by atoms with Gasteiger partial charge in [0.15, 0.2) is 0 Å². The number of unbranched alkanes of at least 4 members (excludes halogenated alkanes) is 1. The molecule has 2 aromatic rings. The first-order valence-corrected chi connectivity index (χ1v) is 8.04. The van der Waals surface area contributed by atoms with Gasteiger partial charge in [0.25, 0.3) is 11.5 Å². The van der Waals surface area contributed by atoms with E-state index in [2.05, 4.69) is 22.2 Å². The molecule has 5 nitrogen and oxygen atoms in total. The number of nitrogens with one attached hydrogen (secondary N) is 2. The Bertz CT molecular complexity index is 750. The Morgan fingerprint density at radius 2 is 2.09 bits per heavy atom. The first-order chi connectivity index (χ1) is 11.1. The molecule has 2 aromatic heterocycles. The van der Waals surface area contributed by atoms with E-state index in [1.54, 1.807) is 18.3 Å². The first kappa shape index (κ1) is 16.9. The van der Waals surface area contributed by atoms with Crippen LogP contribution in [-0.4, -0.2) is 22.4 Å². The summed E-state index contributed by atoms with van der Waals surface area (Å²) in [6.07, 6.45) is 4.28. The van der Waals surface area contributed by atoms with E-state index >= 15 is 0 Å². The Morgan fingerprint density at radius 3 is 2.78 bits per heavy atom. The minimum absolute atomic E-state index is 0.0674. The van der Waals surface area contributed by atoms with Crippen molar-refractivity contribution in [3.8, 4) is 11.3 Å². The summed E-state index contributed by atoms with van der Waals surface area (Å²) in [7, 11) is 0. The lowest BCUT2D eigenvalue weighted by Crippen LogP contribution is -2.24. The largest absolute Gasteiger partial charge is 0.352 e. The monoisotopic (exact) mass is 313 g/mol. The van der Waals surface area contributed by atoms with Gasteiger partial charge in [-0.3, -0.25) is 14.6 Å². The molecule has 0 bridgehead atoms. The van der Waals surface area contributed by atoms with E-state index in [4.69, 9.17) is 0 Å². The molecule has 0 aliphatic carbocycles. The number of amides is 1. The molecular formula is C18H23N3O2. The molecule has 2 heterocycles. The van der Waals surface area contributed by atoms with E-state index in [1.807, 2.05) is 19.9 Å². The summed E-state index contributed by atoms with van der Waals surface area (Å²) in [5.41, 5.74) is 3.52. The van der Waals surface area contributed by atoms with Gasteiger partial charge in [-0.1, -0.05) is 20.3 Å². The molecule has 122 valence electrons. The molecule has 0 aliphatic heterocycles. The topological polar surface area (TPSA) is 74.8 Å². The molecule has 23 heavy (non-hydrogen) atoms. The van der Waals surface area contributed by atoms with Crippen LogP contribution in [0.25, 0.3) is 11.3 Å². The van der Waals surface area contributed by atoms with Crippen molar-refractivity contribution in [3.63, 3.8) is 0 Å². The Morgan fingerprint density at radius 1 is 1.30 bits per heavy atom. The lowest BCUT2D eigenvalue weighted by molar-refractivity contribution is 0.0953. The molecule has 0 radical (unpaired) electrons. The minimum Gasteiger partial charge on any atom is -0.352 e. The van der Waals surface area contributed by atoms with Crippen LogP contribution in [0.2, 0.25) is 0 Å². The van der Waals surface area contributed by atoms with Crippen molar-refractivity contribution >= 4 is 5.91 Å². The number of hydrogen-bond donors (Lipinski definition) is 2. The Balaban J connectivity index is 2.33. The summed E-state index contributed by atoms with van der Waals surface area (Å²) in [6.45, 7) is 6.53. The van der Waals surface area contributed by atoms with Crippen LogP contribution >= 0.6 is 0 Å². The number of hydrogen-bond acceptors (Lipinski definition) is 3. The van der Waals surface area contributed by atoms with Crippen molar-refractivity contribution in [1.29, 1.82) is 0 Å². The van der Waals surface area contributed by atoms with Gasteiger partial charge in [-0.25, -0.2) is 0 Å². The van der Waals surface area contributed by atoms with Gasteiger partial charge < -0.3 is 10.3 Å². The second kappa shape index (κ2) is 7.72. The molecule has 0 spiro atoms. The van der Waals surface area contributed by atoms with Gasteiger partial charge in [-0.2, -0.15) is 0 Å². The van der Waals surface area contributed by atoms with Crippen molar-refractivity contribution in [3.05, 3.63) is 51.6 Å². The fourth-order valence-corrected chi connectivity index (χ4v) is 2.39. The van der Waals surface area contributed by atoms with Gasteiger partial charge >= 0.3 is 0 Å². The maximum absolute atomic E-state index is 12.2. The number of aryl methyl sites for hydroxylation is 2.